The fourth-order valence-corrected chi connectivity index (χ4v) is 3.15. The number of hydrogen-bond donors (Lipinski definition) is 1. The second-order valence-electron chi connectivity index (χ2n) is 7.02. The summed E-state index contributed by atoms with van der Waals surface area (Å²) in [6.07, 6.45) is -6.54. The van der Waals surface area contributed by atoms with Gasteiger partial charge in [-0.15, -0.1) is 0 Å². The number of phenolic OH excluding ortho intramolecular Hbond substituents is 1. The van der Waals surface area contributed by atoms with Crippen LogP contribution in [0.2, 0.25) is 0 Å². The van der Waals surface area contributed by atoms with Crippen LogP contribution in [0.25, 0.3) is 0 Å². The van der Waals surface area contributed by atoms with Crippen molar-refractivity contribution >= 4 is 23.9 Å². The monoisotopic (exact) mass is 470 g/mol. The molecule has 5 atom stereocenters. The van der Waals surface area contributed by atoms with Gasteiger partial charge in [-0.25, -0.2) is 0 Å². The van der Waals surface area contributed by atoms with E-state index in [9.17, 15) is 24.3 Å². The van der Waals surface area contributed by atoms with Crippen molar-refractivity contribution in [2.45, 2.75) is 58.4 Å². The molecule has 1 saturated heterocycles. The summed E-state index contributed by atoms with van der Waals surface area (Å²) < 4.78 is 37.6. The van der Waals surface area contributed by atoms with E-state index in [1.807, 2.05) is 0 Å². The molecule has 1 aromatic carbocycles. The molecule has 2 rings (SSSR count). The van der Waals surface area contributed by atoms with Crippen LogP contribution in [-0.2, 0) is 42.9 Å². The van der Waals surface area contributed by atoms with E-state index in [0.29, 0.717) is 0 Å². The van der Waals surface area contributed by atoms with Gasteiger partial charge in [-0.2, -0.15) is 0 Å². The van der Waals surface area contributed by atoms with Gasteiger partial charge in [-0.05, 0) is 12.1 Å². The van der Waals surface area contributed by atoms with Crippen LogP contribution in [0.15, 0.2) is 18.2 Å². The molecule has 0 aromatic heterocycles. The topological polar surface area (TPSA) is 153 Å². The number of ether oxygens (including phenoxy) is 7. The Bertz CT molecular complexity index is 882. The average Bonchev–Trinajstić information content (AvgIpc) is 2.71. The zero-order valence-electron chi connectivity index (χ0n) is 18.8. The molecule has 182 valence electrons. The lowest BCUT2D eigenvalue weighted by Crippen LogP contribution is -2.63. The van der Waals surface area contributed by atoms with E-state index in [2.05, 4.69) is 0 Å². The van der Waals surface area contributed by atoms with Gasteiger partial charge in [0.25, 0.3) is 0 Å². The first-order chi connectivity index (χ1) is 15.5. The molecular weight excluding hydrogens is 444 g/mol. The molecule has 1 aliphatic heterocycles. The van der Waals surface area contributed by atoms with Crippen LogP contribution in [0, 0.1) is 0 Å². The molecule has 33 heavy (non-hydrogen) atoms. The first-order valence-corrected chi connectivity index (χ1v) is 9.86. The molecule has 1 aromatic rings. The number of phenols is 1. The predicted molar refractivity (Wildman–Crippen MR) is 107 cm³/mol. The minimum Gasteiger partial charge on any atom is -0.504 e. The predicted octanol–water partition coefficient (Wildman–Crippen LogP) is 0.863. The highest BCUT2D eigenvalue weighted by Crippen LogP contribution is 2.34. The summed E-state index contributed by atoms with van der Waals surface area (Å²) in [7, 11) is 1.34. The summed E-state index contributed by atoms with van der Waals surface area (Å²) in [4.78, 5) is 46.7. The van der Waals surface area contributed by atoms with E-state index in [4.69, 9.17) is 33.2 Å². The summed E-state index contributed by atoms with van der Waals surface area (Å²) in [6.45, 7) is 4.16. The van der Waals surface area contributed by atoms with Crippen molar-refractivity contribution in [2.75, 3.05) is 13.7 Å². The summed E-state index contributed by atoms with van der Waals surface area (Å²) >= 11 is 0. The quantitative estimate of drug-likeness (QED) is 0.423. The summed E-state index contributed by atoms with van der Waals surface area (Å²) in [5.74, 6) is -2.79. The summed E-state index contributed by atoms with van der Waals surface area (Å²) in [5, 5.41) is 9.80. The Morgan fingerprint density at radius 3 is 2.00 bits per heavy atom. The van der Waals surface area contributed by atoms with Crippen molar-refractivity contribution < 1.29 is 57.4 Å². The molecule has 0 spiro atoms. The molecule has 0 radical (unpaired) electrons. The van der Waals surface area contributed by atoms with Crippen molar-refractivity contribution in [3.8, 4) is 17.2 Å². The number of hydrogen-bond acceptors (Lipinski definition) is 12. The smallest absolute Gasteiger partial charge is 0.303 e. The third-order valence-electron chi connectivity index (χ3n) is 4.35. The highest BCUT2D eigenvalue weighted by atomic mass is 16.7. The van der Waals surface area contributed by atoms with Gasteiger partial charge in [0.1, 0.15) is 18.5 Å². The maximum Gasteiger partial charge on any atom is 0.303 e. The number of carbonyl (C=O) groups excluding carboxylic acids is 4. The van der Waals surface area contributed by atoms with E-state index in [-0.39, 0.29) is 23.9 Å². The molecular formula is C21H26O12. The van der Waals surface area contributed by atoms with Gasteiger partial charge in [0.15, 0.2) is 23.7 Å². The van der Waals surface area contributed by atoms with Gasteiger partial charge in [0.05, 0.1) is 7.11 Å². The molecule has 0 aliphatic carbocycles. The summed E-state index contributed by atoms with van der Waals surface area (Å²) in [5.41, 5.74) is 0. The second kappa shape index (κ2) is 11.4. The van der Waals surface area contributed by atoms with Crippen LogP contribution in [0.4, 0.5) is 0 Å². The minimum absolute atomic E-state index is 0.0955. The molecule has 1 aliphatic rings. The Morgan fingerprint density at radius 2 is 1.45 bits per heavy atom. The highest BCUT2D eigenvalue weighted by molar-refractivity contribution is 5.68. The lowest BCUT2D eigenvalue weighted by molar-refractivity contribution is -0.288. The number of carbonyl (C=O) groups is 4. The molecule has 5 unspecified atom stereocenters. The van der Waals surface area contributed by atoms with Gasteiger partial charge < -0.3 is 38.3 Å². The Hall–Kier alpha value is -3.54. The van der Waals surface area contributed by atoms with Crippen LogP contribution in [0.5, 0.6) is 17.2 Å². The van der Waals surface area contributed by atoms with E-state index in [1.54, 1.807) is 0 Å². The maximum atomic E-state index is 11.8. The maximum absolute atomic E-state index is 11.8. The minimum atomic E-state index is -1.39. The van der Waals surface area contributed by atoms with Crippen LogP contribution in [-0.4, -0.2) is 73.4 Å². The van der Waals surface area contributed by atoms with Crippen molar-refractivity contribution in [3.63, 3.8) is 0 Å². The van der Waals surface area contributed by atoms with Gasteiger partial charge in [0.2, 0.25) is 12.4 Å². The molecule has 1 fully saturated rings. The molecule has 0 bridgehead atoms. The van der Waals surface area contributed by atoms with E-state index >= 15 is 0 Å². The zero-order valence-corrected chi connectivity index (χ0v) is 18.8. The van der Waals surface area contributed by atoms with E-state index in [0.717, 1.165) is 20.8 Å². The second-order valence-corrected chi connectivity index (χ2v) is 7.02. The molecule has 12 heteroatoms. The van der Waals surface area contributed by atoms with Crippen molar-refractivity contribution in [1.82, 2.24) is 0 Å². The Labute approximate surface area is 189 Å². The Morgan fingerprint density at radius 1 is 0.879 bits per heavy atom. The SMILES string of the molecule is COc1cc(OC2OC(COC(C)=O)C(OC(C)=O)C(OC(C)=O)C2OC(C)=O)ccc1O. The highest BCUT2D eigenvalue weighted by Gasteiger charge is 2.53. The number of aromatic hydroxyl groups is 1. The Balaban J connectivity index is 2.47. The number of methoxy groups -OCH3 is 1. The van der Waals surface area contributed by atoms with Gasteiger partial charge >= 0.3 is 23.9 Å². The molecule has 0 saturated carbocycles. The van der Waals surface area contributed by atoms with Crippen molar-refractivity contribution in [3.05, 3.63) is 18.2 Å². The van der Waals surface area contributed by atoms with Gasteiger partial charge in [-0.1, -0.05) is 0 Å². The van der Waals surface area contributed by atoms with Crippen LogP contribution in [0.3, 0.4) is 0 Å². The fourth-order valence-electron chi connectivity index (χ4n) is 3.15. The third kappa shape index (κ3) is 7.24. The van der Waals surface area contributed by atoms with Crippen LogP contribution < -0.4 is 9.47 Å². The standard InChI is InChI=1S/C21H26O12/c1-10(22)28-9-17-18(29-11(2)23)19(30-12(3)24)20(31-13(4)25)21(33-17)32-14-6-7-15(26)16(8-14)27-5/h6-8,17-21,26H,9H2,1-5H3. The van der Waals surface area contributed by atoms with Crippen LogP contribution >= 0.6 is 0 Å². The zero-order chi connectivity index (χ0) is 24.7. The first-order valence-electron chi connectivity index (χ1n) is 9.86. The van der Waals surface area contributed by atoms with Gasteiger partial charge in [0, 0.05) is 33.8 Å². The number of rotatable bonds is 8. The fraction of sp³-hybridized carbons (Fsp3) is 0.524. The first kappa shape index (κ1) is 25.7. The molecule has 1 N–H and O–H groups in total. The Kier molecular flexibility index (Phi) is 8.85. The third-order valence-corrected chi connectivity index (χ3v) is 4.35. The van der Waals surface area contributed by atoms with Crippen LogP contribution in [0.1, 0.15) is 27.7 Å². The molecule has 0 amide bonds. The van der Waals surface area contributed by atoms with Crippen molar-refractivity contribution in [1.29, 1.82) is 0 Å². The molecule has 1 heterocycles. The van der Waals surface area contributed by atoms with Gasteiger partial charge in [-0.3, -0.25) is 19.2 Å². The number of benzene rings is 1. The average molecular weight is 470 g/mol. The summed E-state index contributed by atoms with van der Waals surface area (Å²) in [6, 6.07) is 4.05. The number of esters is 4. The lowest BCUT2D eigenvalue weighted by Gasteiger charge is -2.43. The largest absolute Gasteiger partial charge is 0.504 e. The van der Waals surface area contributed by atoms with E-state index < -0.39 is 54.6 Å². The normalized spacial score (nSPS) is 24.2. The molecule has 12 nitrogen and oxygen atoms in total. The van der Waals surface area contributed by atoms with E-state index in [1.165, 1.54) is 32.2 Å². The van der Waals surface area contributed by atoms with Crippen molar-refractivity contribution in [2.24, 2.45) is 0 Å². The lowest BCUT2D eigenvalue weighted by atomic mass is 9.98.